The fourth-order valence-electron chi connectivity index (χ4n) is 5.45. The molecular formula is C28H36N2O4. The summed E-state index contributed by atoms with van der Waals surface area (Å²) in [5, 5.41) is 0. The van der Waals surface area contributed by atoms with Gasteiger partial charge in [-0.05, 0) is 54.9 Å². The molecule has 2 heterocycles. The number of rotatable bonds is 6. The van der Waals surface area contributed by atoms with Crippen LogP contribution in [0.5, 0.6) is 11.5 Å². The van der Waals surface area contributed by atoms with Crippen LogP contribution < -0.4 is 9.47 Å². The van der Waals surface area contributed by atoms with E-state index in [4.69, 9.17) is 9.47 Å². The number of ether oxygens (including phenoxy) is 2. The summed E-state index contributed by atoms with van der Waals surface area (Å²) in [6, 6.07) is 16.5. The molecule has 182 valence electrons. The van der Waals surface area contributed by atoms with Gasteiger partial charge in [0.15, 0.2) is 11.5 Å². The Morgan fingerprint density at radius 1 is 0.912 bits per heavy atom. The van der Waals surface area contributed by atoms with E-state index in [1.807, 2.05) is 28.0 Å². The quantitative estimate of drug-likeness (QED) is 0.645. The lowest BCUT2D eigenvalue weighted by atomic mass is 9.83. The van der Waals surface area contributed by atoms with Crippen LogP contribution in [0.15, 0.2) is 48.5 Å². The maximum Gasteiger partial charge on any atom is 0.227 e. The van der Waals surface area contributed by atoms with Crippen LogP contribution in [0.2, 0.25) is 0 Å². The molecule has 0 bridgehead atoms. The van der Waals surface area contributed by atoms with Gasteiger partial charge in [-0.25, -0.2) is 0 Å². The molecule has 2 fully saturated rings. The lowest BCUT2D eigenvalue weighted by Gasteiger charge is -2.40. The van der Waals surface area contributed by atoms with E-state index in [2.05, 4.69) is 30.3 Å². The van der Waals surface area contributed by atoms with E-state index in [1.165, 1.54) is 5.56 Å². The summed E-state index contributed by atoms with van der Waals surface area (Å²) in [6.45, 7) is 4.31. The average Bonchev–Trinajstić information content (AvgIpc) is 2.88. The zero-order valence-electron chi connectivity index (χ0n) is 20.5. The second-order valence-electron chi connectivity index (χ2n) is 9.63. The number of carbonyl (C=O) groups excluding carboxylic acids is 2. The molecule has 6 nitrogen and oxygen atoms in total. The summed E-state index contributed by atoms with van der Waals surface area (Å²) in [6.07, 6.45) is 3.87. The molecule has 2 atom stereocenters. The van der Waals surface area contributed by atoms with Crippen molar-refractivity contribution in [3.05, 3.63) is 59.7 Å². The summed E-state index contributed by atoms with van der Waals surface area (Å²) in [4.78, 5) is 29.7. The van der Waals surface area contributed by atoms with Gasteiger partial charge >= 0.3 is 0 Å². The van der Waals surface area contributed by atoms with E-state index in [0.29, 0.717) is 30.5 Å². The van der Waals surface area contributed by atoms with Crippen LogP contribution in [-0.4, -0.2) is 62.0 Å². The maximum atomic E-state index is 13.5. The Bertz CT molecular complexity index is 985. The van der Waals surface area contributed by atoms with Gasteiger partial charge in [-0.2, -0.15) is 0 Å². The molecule has 0 N–H and O–H groups in total. The first kappa shape index (κ1) is 24.1. The molecule has 2 saturated heterocycles. The molecule has 6 heteroatoms. The van der Waals surface area contributed by atoms with Crippen molar-refractivity contribution in [2.75, 3.05) is 40.4 Å². The van der Waals surface area contributed by atoms with E-state index in [-0.39, 0.29) is 23.7 Å². The zero-order valence-corrected chi connectivity index (χ0v) is 20.5. The van der Waals surface area contributed by atoms with E-state index >= 15 is 0 Å². The number of amides is 2. The first-order chi connectivity index (χ1) is 16.5. The highest BCUT2D eigenvalue weighted by atomic mass is 16.5. The fraction of sp³-hybridized carbons (Fsp3) is 0.500. The van der Waals surface area contributed by atoms with Gasteiger partial charge in [0.05, 0.1) is 20.1 Å². The van der Waals surface area contributed by atoms with Gasteiger partial charge in [-0.1, -0.05) is 36.4 Å². The second kappa shape index (κ2) is 10.9. The number of methoxy groups -OCH3 is 2. The maximum absolute atomic E-state index is 13.5. The Labute approximate surface area is 202 Å². The van der Waals surface area contributed by atoms with E-state index in [1.54, 1.807) is 21.1 Å². The molecule has 0 aromatic heterocycles. The van der Waals surface area contributed by atoms with E-state index < -0.39 is 0 Å². The van der Waals surface area contributed by atoms with Crippen LogP contribution in [-0.2, 0) is 16.0 Å². The van der Waals surface area contributed by atoms with Crippen LogP contribution in [0.3, 0.4) is 0 Å². The van der Waals surface area contributed by atoms with Crippen LogP contribution >= 0.6 is 0 Å². The van der Waals surface area contributed by atoms with Crippen LogP contribution in [0.4, 0.5) is 0 Å². The first-order valence-electron chi connectivity index (χ1n) is 12.3. The minimum Gasteiger partial charge on any atom is -0.493 e. The fourth-order valence-corrected chi connectivity index (χ4v) is 5.45. The highest BCUT2D eigenvalue weighted by molar-refractivity contribution is 5.81. The number of benzene rings is 2. The van der Waals surface area contributed by atoms with Gasteiger partial charge in [0.1, 0.15) is 0 Å². The predicted octanol–water partition coefficient (Wildman–Crippen LogP) is 4.14. The Kier molecular flexibility index (Phi) is 7.76. The largest absolute Gasteiger partial charge is 0.493 e. The third kappa shape index (κ3) is 5.54. The normalized spacial score (nSPS) is 21.3. The summed E-state index contributed by atoms with van der Waals surface area (Å²) in [7, 11) is 3.24. The van der Waals surface area contributed by atoms with Crippen LogP contribution in [0.25, 0.3) is 0 Å². The molecule has 0 saturated carbocycles. The predicted molar refractivity (Wildman–Crippen MR) is 132 cm³/mol. The molecular weight excluding hydrogens is 428 g/mol. The standard InChI is InChI=1S/C28H36N2O4/c1-20(31)30-18-24(23-9-10-26(33-2)27(17-23)34-3)16-25(19-30)28(32)29-13-11-22(12-14-29)15-21-7-5-4-6-8-21/h4-10,17,22,24-25H,11-16,18-19H2,1-3H3. The topological polar surface area (TPSA) is 59.1 Å². The van der Waals surface area contributed by atoms with Gasteiger partial charge in [-0.15, -0.1) is 0 Å². The molecule has 2 aromatic carbocycles. The molecule has 2 aromatic rings. The third-order valence-electron chi connectivity index (χ3n) is 7.42. The van der Waals surface area contributed by atoms with Gasteiger partial charge < -0.3 is 19.3 Å². The van der Waals surface area contributed by atoms with Crippen molar-refractivity contribution in [3.8, 4) is 11.5 Å². The summed E-state index contributed by atoms with van der Waals surface area (Å²) >= 11 is 0. The summed E-state index contributed by atoms with van der Waals surface area (Å²) in [5.41, 5.74) is 2.44. The molecule has 2 aliphatic rings. The summed E-state index contributed by atoms with van der Waals surface area (Å²) in [5.74, 6) is 2.08. The van der Waals surface area contributed by atoms with Crippen molar-refractivity contribution < 1.29 is 19.1 Å². The Hall–Kier alpha value is -3.02. The number of piperidine rings is 2. The lowest BCUT2D eigenvalue weighted by molar-refractivity contribution is -0.141. The third-order valence-corrected chi connectivity index (χ3v) is 7.42. The van der Waals surface area contributed by atoms with Gasteiger partial charge in [-0.3, -0.25) is 9.59 Å². The zero-order chi connectivity index (χ0) is 24.1. The molecule has 2 amide bonds. The van der Waals surface area contributed by atoms with Crippen LogP contribution in [0, 0.1) is 11.8 Å². The Morgan fingerprint density at radius 2 is 1.62 bits per heavy atom. The van der Waals surface area contributed by atoms with Gasteiger partial charge in [0.2, 0.25) is 11.8 Å². The second-order valence-corrected chi connectivity index (χ2v) is 9.63. The number of hydrogen-bond acceptors (Lipinski definition) is 4. The minimum absolute atomic E-state index is 0.0181. The molecule has 4 rings (SSSR count). The van der Waals surface area contributed by atoms with Crippen molar-refractivity contribution in [2.24, 2.45) is 11.8 Å². The van der Waals surface area contributed by atoms with Crippen LogP contribution in [0.1, 0.15) is 43.2 Å². The Morgan fingerprint density at radius 3 is 2.26 bits per heavy atom. The van der Waals surface area contributed by atoms with Crippen molar-refractivity contribution >= 4 is 11.8 Å². The SMILES string of the molecule is COc1ccc(C2CC(C(=O)N3CCC(Cc4ccccc4)CC3)CN(C(C)=O)C2)cc1OC. The van der Waals surface area contributed by atoms with E-state index in [0.717, 1.165) is 44.3 Å². The molecule has 0 radical (unpaired) electrons. The smallest absolute Gasteiger partial charge is 0.227 e. The van der Waals surface area contributed by atoms with Gasteiger partial charge in [0, 0.05) is 39.0 Å². The molecule has 2 aliphatic heterocycles. The van der Waals surface area contributed by atoms with Crippen molar-refractivity contribution in [2.45, 2.75) is 38.5 Å². The highest BCUT2D eigenvalue weighted by Crippen LogP contribution is 2.36. The highest BCUT2D eigenvalue weighted by Gasteiger charge is 2.36. The van der Waals surface area contributed by atoms with Crippen molar-refractivity contribution in [1.82, 2.24) is 9.80 Å². The monoisotopic (exact) mass is 464 g/mol. The van der Waals surface area contributed by atoms with Gasteiger partial charge in [0.25, 0.3) is 0 Å². The first-order valence-corrected chi connectivity index (χ1v) is 12.3. The number of likely N-dealkylation sites (tertiary alicyclic amines) is 2. The number of carbonyl (C=O) groups is 2. The number of hydrogen-bond donors (Lipinski definition) is 0. The summed E-state index contributed by atoms with van der Waals surface area (Å²) < 4.78 is 10.9. The van der Waals surface area contributed by atoms with E-state index in [9.17, 15) is 9.59 Å². The van der Waals surface area contributed by atoms with Crippen molar-refractivity contribution in [1.29, 1.82) is 0 Å². The number of nitrogens with zero attached hydrogens (tertiary/aromatic N) is 2. The average molecular weight is 465 g/mol. The minimum atomic E-state index is -0.179. The molecule has 0 spiro atoms. The Balaban J connectivity index is 1.42. The molecule has 2 unspecified atom stereocenters. The molecule has 0 aliphatic carbocycles. The molecule has 34 heavy (non-hydrogen) atoms. The lowest BCUT2D eigenvalue weighted by Crippen LogP contribution is -2.50. The van der Waals surface area contributed by atoms with Crippen molar-refractivity contribution in [3.63, 3.8) is 0 Å².